The van der Waals surface area contributed by atoms with Crippen LogP contribution < -0.4 is 10.1 Å². The number of nitrogens with zero attached hydrogens (tertiary/aromatic N) is 1. The van der Waals surface area contributed by atoms with E-state index in [9.17, 15) is 4.79 Å². The van der Waals surface area contributed by atoms with E-state index >= 15 is 0 Å². The third-order valence-electron chi connectivity index (χ3n) is 3.46. The highest BCUT2D eigenvalue weighted by Gasteiger charge is 2.19. The first kappa shape index (κ1) is 18.1. The molecule has 1 atom stereocenters. The van der Waals surface area contributed by atoms with Crippen LogP contribution in [0.5, 0.6) is 5.75 Å². The van der Waals surface area contributed by atoms with Gasteiger partial charge in [0.05, 0.1) is 23.1 Å². The van der Waals surface area contributed by atoms with Gasteiger partial charge < -0.3 is 15.0 Å². The molecular formula is C16H18Cl2N2O2S. The Kier molecular flexibility index (Phi) is 6.30. The van der Waals surface area contributed by atoms with Gasteiger partial charge >= 0.3 is 0 Å². The number of ether oxygens (including phenoxy) is 1. The van der Waals surface area contributed by atoms with Crippen LogP contribution in [0.2, 0.25) is 8.67 Å². The predicted octanol–water partition coefficient (Wildman–Crippen LogP) is 4.10. The van der Waals surface area contributed by atoms with Crippen LogP contribution in [-0.4, -0.2) is 38.6 Å². The normalized spacial score (nSPS) is 12.3. The Labute approximate surface area is 150 Å². The number of likely N-dealkylation sites (N-methyl/N-ethyl adjacent to an activating group) is 1. The molecular weight excluding hydrogens is 355 g/mol. The molecule has 0 fully saturated rings. The minimum Gasteiger partial charge on any atom is -0.497 e. The standard InChI is InChI=1S/C16H18Cl2N2O2S/c1-20(2)13(10-5-4-6-11(7-10)22-3)9-19-16(21)12-8-14(17)23-15(12)18/h4-8,13H,9H2,1-3H3,(H,19,21). The lowest BCUT2D eigenvalue weighted by molar-refractivity contribution is 0.0942. The van der Waals surface area contributed by atoms with Crippen LogP contribution in [0.1, 0.15) is 22.0 Å². The summed E-state index contributed by atoms with van der Waals surface area (Å²) in [6.45, 7) is 0.447. The highest BCUT2D eigenvalue weighted by atomic mass is 35.5. The van der Waals surface area contributed by atoms with E-state index in [1.807, 2.05) is 43.3 Å². The van der Waals surface area contributed by atoms with Gasteiger partial charge in [0, 0.05) is 6.54 Å². The number of hydrogen-bond acceptors (Lipinski definition) is 4. The number of nitrogens with one attached hydrogen (secondary N) is 1. The van der Waals surface area contributed by atoms with Crippen molar-refractivity contribution in [2.75, 3.05) is 27.7 Å². The minimum absolute atomic E-state index is 0.0157. The molecule has 1 amide bonds. The average molecular weight is 373 g/mol. The van der Waals surface area contributed by atoms with Crippen LogP contribution in [0.4, 0.5) is 0 Å². The molecule has 0 bridgehead atoms. The Bertz CT molecular complexity index is 688. The number of carbonyl (C=O) groups excluding carboxylic acids is 1. The highest BCUT2D eigenvalue weighted by molar-refractivity contribution is 7.20. The lowest BCUT2D eigenvalue weighted by Crippen LogP contribution is -2.34. The zero-order chi connectivity index (χ0) is 17.0. The monoisotopic (exact) mass is 372 g/mol. The fraction of sp³-hybridized carbons (Fsp3) is 0.312. The number of hydrogen-bond donors (Lipinski definition) is 1. The molecule has 124 valence electrons. The summed E-state index contributed by atoms with van der Waals surface area (Å²) in [6, 6.07) is 9.39. The molecule has 0 saturated carbocycles. The van der Waals surface area contributed by atoms with Crippen molar-refractivity contribution in [2.24, 2.45) is 0 Å². The van der Waals surface area contributed by atoms with Crippen molar-refractivity contribution in [2.45, 2.75) is 6.04 Å². The van der Waals surface area contributed by atoms with Crippen molar-refractivity contribution >= 4 is 40.4 Å². The Morgan fingerprint density at radius 1 is 1.35 bits per heavy atom. The smallest absolute Gasteiger partial charge is 0.253 e. The second-order valence-electron chi connectivity index (χ2n) is 5.20. The van der Waals surface area contributed by atoms with E-state index in [4.69, 9.17) is 27.9 Å². The zero-order valence-electron chi connectivity index (χ0n) is 13.1. The Morgan fingerprint density at radius 3 is 2.65 bits per heavy atom. The number of methoxy groups -OCH3 is 1. The number of rotatable bonds is 6. The van der Waals surface area contributed by atoms with Gasteiger partial charge in [-0.1, -0.05) is 35.3 Å². The topological polar surface area (TPSA) is 41.6 Å². The first-order valence-electron chi connectivity index (χ1n) is 6.95. The largest absolute Gasteiger partial charge is 0.497 e. The van der Waals surface area contributed by atoms with Crippen LogP contribution in [-0.2, 0) is 0 Å². The summed E-state index contributed by atoms with van der Waals surface area (Å²) in [5, 5.41) is 2.91. The van der Waals surface area contributed by atoms with E-state index in [1.54, 1.807) is 13.2 Å². The van der Waals surface area contributed by atoms with Crippen LogP contribution in [0.3, 0.4) is 0 Å². The zero-order valence-corrected chi connectivity index (χ0v) is 15.4. The van der Waals surface area contributed by atoms with Gasteiger partial charge in [-0.3, -0.25) is 4.79 Å². The van der Waals surface area contributed by atoms with E-state index < -0.39 is 0 Å². The lowest BCUT2D eigenvalue weighted by atomic mass is 10.1. The van der Waals surface area contributed by atoms with E-state index in [0.717, 1.165) is 11.3 Å². The molecule has 2 rings (SSSR count). The second kappa shape index (κ2) is 8.02. The van der Waals surface area contributed by atoms with Crippen LogP contribution in [0, 0.1) is 0 Å². The van der Waals surface area contributed by atoms with Gasteiger partial charge in [-0.2, -0.15) is 0 Å². The first-order chi connectivity index (χ1) is 10.9. The molecule has 23 heavy (non-hydrogen) atoms. The summed E-state index contributed by atoms with van der Waals surface area (Å²) in [5.74, 6) is 0.557. The van der Waals surface area contributed by atoms with Crippen molar-refractivity contribution in [3.05, 3.63) is 50.1 Å². The molecule has 0 saturated heterocycles. The maximum atomic E-state index is 12.3. The summed E-state index contributed by atoms with van der Waals surface area (Å²) in [4.78, 5) is 14.3. The van der Waals surface area contributed by atoms with E-state index in [1.165, 1.54) is 11.3 Å². The van der Waals surface area contributed by atoms with E-state index in [-0.39, 0.29) is 11.9 Å². The van der Waals surface area contributed by atoms with Gasteiger partial charge in [0.25, 0.3) is 5.91 Å². The molecule has 4 nitrogen and oxygen atoms in total. The minimum atomic E-state index is -0.229. The Balaban J connectivity index is 2.11. The fourth-order valence-electron chi connectivity index (χ4n) is 2.23. The summed E-state index contributed by atoms with van der Waals surface area (Å²) in [5.41, 5.74) is 1.47. The van der Waals surface area contributed by atoms with Crippen molar-refractivity contribution in [3.63, 3.8) is 0 Å². The summed E-state index contributed by atoms with van der Waals surface area (Å²) in [6.07, 6.45) is 0. The van der Waals surface area contributed by atoms with Crippen molar-refractivity contribution in [1.29, 1.82) is 0 Å². The van der Waals surface area contributed by atoms with Crippen LogP contribution in [0.25, 0.3) is 0 Å². The van der Waals surface area contributed by atoms with Gasteiger partial charge in [-0.25, -0.2) is 0 Å². The molecule has 0 aliphatic carbocycles. The van der Waals surface area contributed by atoms with Gasteiger partial charge in [-0.15, -0.1) is 11.3 Å². The first-order valence-corrected chi connectivity index (χ1v) is 8.53. The third-order valence-corrected chi connectivity index (χ3v) is 4.95. The molecule has 0 aliphatic heterocycles. The average Bonchev–Trinajstić information content (AvgIpc) is 2.86. The van der Waals surface area contributed by atoms with Gasteiger partial charge in [-0.05, 0) is 37.9 Å². The number of thiophene rings is 1. The van der Waals surface area contributed by atoms with Crippen LogP contribution >= 0.6 is 34.5 Å². The summed E-state index contributed by atoms with van der Waals surface area (Å²) >= 11 is 13.1. The number of carbonyl (C=O) groups is 1. The fourth-order valence-corrected chi connectivity index (χ4v) is 3.69. The van der Waals surface area contributed by atoms with Crippen molar-refractivity contribution in [3.8, 4) is 5.75 Å². The lowest BCUT2D eigenvalue weighted by Gasteiger charge is -2.25. The SMILES string of the molecule is COc1cccc(C(CNC(=O)c2cc(Cl)sc2Cl)N(C)C)c1. The molecule has 0 radical (unpaired) electrons. The molecule has 1 unspecified atom stereocenters. The van der Waals surface area contributed by atoms with Gasteiger partial charge in [0.2, 0.25) is 0 Å². The van der Waals surface area contributed by atoms with Gasteiger partial charge in [0.1, 0.15) is 10.1 Å². The van der Waals surface area contributed by atoms with Crippen molar-refractivity contribution in [1.82, 2.24) is 10.2 Å². The van der Waals surface area contributed by atoms with E-state index in [2.05, 4.69) is 5.32 Å². The Hall–Kier alpha value is -1.27. The maximum Gasteiger partial charge on any atom is 0.253 e. The van der Waals surface area contributed by atoms with Crippen molar-refractivity contribution < 1.29 is 9.53 Å². The van der Waals surface area contributed by atoms with Crippen LogP contribution in [0.15, 0.2) is 30.3 Å². The second-order valence-corrected chi connectivity index (χ2v) is 7.49. The molecule has 1 aromatic carbocycles. The van der Waals surface area contributed by atoms with E-state index in [0.29, 0.717) is 20.8 Å². The number of amides is 1. The predicted molar refractivity (Wildman–Crippen MR) is 96.1 cm³/mol. The molecule has 1 N–H and O–H groups in total. The maximum absolute atomic E-state index is 12.3. The number of halogens is 2. The number of benzene rings is 1. The molecule has 0 aliphatic rings. The Morgan fingerprint density at radius 2 is 2.09 bits per heavy atom. The molecule has 1 aromatic heterocycles. The summed E-state index contributed by atoms with van der Waals surface area (Å²) in [7, 11) is 5.56. The third kappa shape index (κ3) is 4.61. The molecule has 7 heteroatoms. The quantitative estimate of drug-likeness (QED) is 0.829. The summed E-state index contributed by atoms with van der Waals surface area (Å²) < 4.78 is 6.16. The highest BCUT2D eigenvalue weighted by Crippen LogP contribution is 2.31. The van der Waals surface area contributed by atoms with Gasteiger partial charge in [0.15, 0.2) is 0 Å². The molecule has 1 heterocycles. The molecule has 0 spiro atoms. The molecule has 2 aromatic rings.